The van der Waals surface area contributed by atoms with Gasteiger partial charge < -0.3 is 15.0 Å². The number of carbonyl (C=O) groups excluding carboxylic acids is 2. The summed E-state index contributed by atoms with van der Waals surface area (Å²) in [5.41, 5.74) is 1.27. The smallest absolute Gasteiger partial charge is 0.236 e. The number of hydrogen-bond acceptors (Lipinski definition) is 5. The largest absolute Gasteiger partial charge is 0.490 e. The highest BCUT2D eigenvalue weighted by Gasteiger charge is 2.37. The lowest BCUT2D eigenvalue weighted by Crippen LogP contribution is -2.42. The highest BCUT2D eigenvalue weighted by atomic mass is 32.2. The Morgan fingerprint density at radius 1 is 1.09 bits per heavy atom. The Hall–Kier alpha value is -2.87. The summed E-state index contributed by atoms with van der Waals surface area (Å²) in [6.07, 6.45) is 0.943. The van der Waals surface area contributed by atoms with Gasteiger partial charge in [0.2, 0.25) is 11.8 Å². The van der Waals surface area contributed by atoms with Crippen molar-refractivity contribution in [1.82, 2.24) is 0 Å². The van der Waals surface area contributed by atoms with E-state index in [0.717, 1.165) is 6.42 Å². The number of carbonyl (C=O) groups is 2. The normalized spacial score (nSPS) is 15.5. The van der Waals surface area contributed by atoms with Crippen LogP contribution in [0.2, 0.25) is 0 Å². The third-order valence-corrected chi connectivity index (χ3v) is 8.28. The van der Waals surface area contributed by atoms with E-state index in [1.54, 1.807) is 49.1 Å². The average Bonchev–Trinajstić information content (AvgIpc) is 2.87. The summed E-state index contributed by atoms with van der Waals surface area (Å²) < 4.78 is 30.6. The molecule has 0 unspecified atom stereocenters. The van der Waals surface area contributed by atoms with Crippen LogP contribution in [0.3, 0.4) is 0 Å². The van der Waals surface area contributed by atoms with Crippen LogP contribution in [0.15, 0.2) is 47.4 Å². The fourth-order valence-corrected chi connectivity index (χ4v) is 4.85. The van der Waals surface area contributed by atoms with Crippen LogP contribution in [0.4, 0.5) is 11.4 Å². The lowest BCUT2D eigenvalue weighted by atomic mass is 9.92. The van der Waals surface area contributed by atoms with Gasteiger partial charge in [0.1, 0.15) is 12.4 Å². The van der Waals surface area contributed by atoms with Crippen molar-refractivity contribution in [3.63, 3.8) is 0 Å². The van der Waals surface area contributed by atoms with E-state index >= 15 is 0 Å². The van der Waals surface area contributed by atoms with Gasteiger partial charge >= 0.3 is 0 Å². The van der Waals surface area contributed by atoms with Crippen LogP contribution in [0, 0.1) is 11.3 Å². The number of nitrogens with zero attached hydrogens (tertiary/aromatic N) is 1. The highest BCUT2D eigenvalue weighted by molar-refractivity contribution is 7.92. The number of fused-ring (bicyclic) bond motifs is 1. The fourth-order valence-electron chi connectivity index (χ4n) is 3.79. The van der Waals surface area contributed by atoms with Gasteiger partial charge in [-0.3, -0.25) is 9.59 Å². The number of sulfone groups is 1. The van der Waals surface area contributed by atoms with Crippen molar-refractivity contribution >= 4 is 33.0 Å². The first-order chi connectivity index (χ1) is 16.3. The van der Waals surface area contributed by atoms with Crippen LogP contribution < -0.4 is 15.0 Å². The molecule has 0 saturated heterocycles. The Labute approximate surface area is 208 Å². The number of amides is 2. The van der Waals surface area contributed by atoms with E-state index in [9.17, 15) is 18.0 Å². The van der Waals surface area contributed by atoms with Crippen LogP contribution in [0.5, 0.6) is 5.75 Å². The fraction of sp³-hybridized carbons (Fsp3) is 0.481. The van der Waals surface area contributed by atoms with Crippen molar-refractivity contribution in [3.8, 4) is 5.75 Å². The van der Waals surface area contributed by atoms with E-state index in [0.29, 0.717) is 35.2 Å². The molecule has 2 amide bonds. The maximum Gasteiger partial charge on any atom is 0.236 e. The molecule has 0 atom stereocenters. The first-order valence-corrected chi connectivity index (χ1v) is 13.6. The van der Waals surface area contributed by atoms with Crippen molar-refractivity contribution in [2.24, 2.45) is 11.3 Å². The van der Waals surface area contributed by atoms with Crippen molar-refractivity contribution < 1.29 is 22.7 Å². The summed E-state index contributed by atoms with van der Waals surface area (Å²) in [6.45, 7) is 12.1. The topological polar surface area (TPSA) is 92.8 Å². The molecule has 7 nitrogen and oxygen atoms in total. The second kappa shape index (κ2) is 10.4. The van der Waals surface area contributed by atoms with E-state index < -0.39 is 20.5 Å². The maximum absolute atomic E-state index is 13.3. The molecule has 0 bridgehead atoms. The summed E-state index contributed by atoms with van der Waals surface area (Å²) in [7, 11) is -3.36. The SMILES string of the molecule is CC(C)CCN1C(=O)C(C)(C)COc2ccc(NC(=O)Cc3ccc(S(=O)(=O)C(C)C)cc3)cc21. The van der Waals surface area contributed by atoms with Crippen LogP contribution in [-0.2, 0) is 25.8 Å². The minimum Gasteiger partial charge on any atom is -0.490 e. The molecular formula is C27H36N2O5S. The lowest BCUT2D eigenvalue weighted by Gasteiger charge is -2.28. The zero-order valence-electron chi connectivity index (χ0n) is 21.4. The van der Waals surface area contributed by atoms with Gasteiger partial charge in [-0.1, -0.05) is 26.0 Å². The van der Waals surface area contributed by atoms with E-state index in [4.69, 9.17) is 4.74 Å². The van der Waals surface area contributed by atoms with E-state index in [-0.39, 0.29) is 29.7 Å². The minimum atomic E-state index is -3.36. The van der Waals surface area contributed by atoms with Crippen LogP contribution in [-0.4, -0.2) is 38.6 Å². The molecule has 3 rings (SSSR count). The molecule has 1 N–H and O–H groups in total. The predicted molar refractivity (Wildman–Crippen MR) is 139 cm³/mol. The predicted octanol–water partition coefficient (Wildman–Crippen LogP) is 4.85. The molecule has 1 aliphatic heterocycles. The summed E-state index contributed by atoms with van der Waals surface area (Å²) in [4.78, 5) is 28.0. The quantitative estimate of drug-likeness (QED) is 0.559. The Kier molecular flexibility index (Phi) is 7.94. The van der Waals surface area contributed by atoms with E-state index in [2.05, 4.69) is 19.2 Å². The molecule has 1 heterocycles. The summed E-state index contributed by atoms with van der Waals surface area (Å²) in [5, 5.41) is 2.39. The maximum atomic E-state index is 13.3. The van der Waals surface area contributed by atoms with Gasteiger partial charge in [0.15, 0.2) is 9.84 Å². The van der Waals surface area contributed by atoms with Gasteiger partial charge in [0.25, 0.3) is 0 Å². The van der Waals surface area contributed by atoms with Gasteiger partial charge in [-0.15, -0.1) is 0 Å². The average molecular weight is 501 g/mol. The Balaban J connectivity index is 1.78. The number of ether oxygens (including phenoxy) is 1. The van der Waals surface area contributed by atoms with Gasteiger partial charge in [-0.25, -0.2) is 8.42 Å². The Bertz CT molecular complexity index is 1180. The number of benzene rings is 2. The van der Waals surface area contributed by atoms with Crippen molar-refractivity contribution in [3.05, 3.63) is 48.0 Å². The second-order valence-electron chi connectivity index (χ2n) is 10.5. The first-order valence-electron chi connectivity index (χ1n) is 12.0. The zero-order chi connectivity index (χ0) is 26.0. The monoisotopic (exact) mass is 500 g/mol. The van der Waals surface area contributed by atoms with Crippen molar-refractivity contribution in [2.45, 2.75) is 64.5 Å². The lowest BCUT2D eigenvalue weighted by molar-refractivity contribution is -0.127. The molecule has 0 spiro atoms. The molecule has 0 saturated carbocycles. The van der Waals surface area contributed by atoms with E-state index in [1.807, 2.05) is 13.8 Å². The molecule has 2 aromatic rings. The van der Waals surface area contributed by atoms with E-state index in [1.165, 1.54) is 12.1 Å². The number of hydrogen-bond donors (Lipinski definition) is 1. The standard InChI is InChI=1S/C27H36N2O5S/c1-18(2)13-14-29-23-16-21(9-12-24(23)34-17-27(5,6)26(29)31)28-25(30)15-20-7-10-22(11-8-20)35(32,33)19(3)4/h7-12,16,18-19H,13-15,17H2,1-6H3,(H,28,30). The molecule has 0 aliphatic carbocycles. The number of rotatable bonds is 8. The van der Waals surface area contributed by atoms with Crippen LogP contribution in [0.1, 0.15) is 53.5 Å². The molecular weight excluding hydrogens is 464 g/mol. The van der Waals surface area contributed by atoms with Crippen LogP contribution in [0.25, 0.3) is 0 Å². The molecule has 8 heteroatoms. The van der Waals surface area contributed by atoms with Crippen molar-refractivity contribution in [1.29, 1.82) is 0 Å². The van der Waals surface area contributed by atoms with Gasteiger partial charge in [-0.2, -0.15) is 0 Å². The Morgan fingerprint density at radius 2 is 1.74 bits per heavy atom. The number of anilines is 2. The minimum absolute atomic E-state index is 0.00295. The third kappa shape index (κ3) is 6.23. The molecule has 190 valence electrons. The molecule has 2 aromatic carbocycles. The molecule has 35 heavy (non-hydrogen) atoms. The highest BCUT2D eigenvalue weighted by Crippen LogP contribution is 2.38. The summed E-state index contributed by atoms with van der Waals surface area (Å²) in [6, 6.07) is 11.7. The van der Waals surface area contributed by atoms with Crippen LogP contribution >= 0.6 is 0 Å². The first kappa shape index (κ1) is 26.7. The summed E-state index contributed by atoms with van der Waals surface area (Å²) >= 11 is 0. The molecule has 0 aromatic heterocycles. The van der Waals surface area contributed by atoms with Gasteiger partial charge in [-0.05, 0) is 75.9 Å². The second-order valence-corrected chi connectivity index (χ2v) is 13.0. The van der Waals surface area contributed by atoms with Gasteiger partial charge in [0, 0.05) is 12.2 Å². The summed E-state index contributed by atoms with van der Waals surface area (Å²) in [5.74, 6) is 0.812. The number of nitrogens with one attached hydrogen (secondary N) is 1. The van der Waals surface area contributed by atoms with Gasteiger partial charge in [0.05, 0.1) is 27.7 Å². The van der Waals surface area contributed by atoms with Crippen molar-refractivity contribution in [2.75, 3.05) is 23.4 Å². The molecule has 0 fully saturated rings. The molecule has 1 aliphatic rings. The molecule has 0 radical (unpaired) electrons. The zero-order valence-corrected chi connectivity index (χ0v) is 22.2. The Morgan fingerprint density at radius 3 is 2.34 bits per heavy atom. The third-order valence-electron chi connectivity index (χ3n) is 6.11.